The van der Waals surface area contributed by atoms with Crippen molar-refractivity contribution in [2.45, 2.75) is 53.6 Å². The summed E-state index contributed by atoms with van der Waals surface area (Å²) in [6.45, 7) is 12.6. The minimum absolute atomic E-state index is 0.0658. The standard InChI is InChI=1S/C18H25NO3/c1-17(2,3)10-7-11-22-13-14-8-9-15(18(4,5)6)12-16(14)19(20)21/h8-9,12H,11,13H2,1-6H3. The van der Waals surface area contributed by atoms with Crippen LogP contribution in [0.25, 0.3) is 0 Å². The third-order valence-electron chi connectivity index (χ3n) is 3.04. The molecular weight excluding hydrogens is 278 g/mol. The topological polar surface area (TPSA) is 52.4 Å². The smallest absolute Gasteiger partial charge is 0.275 e. The van der Waals surface area contributed by atoms with Crippen LogP contribution in [0.15, 0.2) is 18.2 Å². The van der Waals surface area contributed by atoms with E-state index in [1.54, 1.807) is 12.1 Å². The zero-order valence-electron chi connectivity index (χ0n) is 14.3. The average Bonchev–Trinajstić information content (AvgIpc) is 2.35. The largest absolute Gasteiger partial charge is 0.364 e. The Labute approximate surface area is 133 Å². The highest BCUT2D eigenvalue weighted by atomic mass is 16.6. The van der Waals surface area contributed by atoms with Crippen LogP contribution in [0, 0.1) is 27.4 Å². The summed E-state index contributed by atoms with van der Waals surface area (Å²) in [7, 11) is 0. The van der Waals surface area contributed by atoms with Gasteiger partial charge in [-0.2, -0.15) is 0 Å². The Kier molecular flexibility index (Phi) is 5.73. The lowest BCUT2D eigenvalue weighted by atomic mass is 9.86. The van der Waals surface area contributed by atoms with Gasteiger partial charge in [0, 0.05) is 11.5 Å². The molecule has 0 radical (unpaired) electrons. The van der Waals surface area contributed by atoms with Crippen molar-refractivity contribution in [3.8, 4) is 11.8 Å². The molecule has 1 aromatic rings. The minimum Gasteiger partial charge on any atom is -0.364 e. The molecule has 0 amide bonds. The van der Waals surface area contributed by atoms with Crippen LogP contribution < -0.4 is 0 Å². The summed E-state index contributed by atoms with van der Waals surface area (Å²) in [5, 5.41) is 11.2. The van der Waals surface area contributed by atoms with Gasteiger partial charge in [-0.25, -0.2) is 0 Å². The first-order valence-corrected chi connectivity index (χ1v) is 7.36. The summed E-state index contributed by atoms with van der Waals surface area (Å²) >= 11 is 0. The fourth-order valence-corrected chi connectivity index (χ4v) is 1.84. The number of rotatable bonds is 4. The Morgan fingerprint density at radius 3 is 2.32 bits per heavy atom. The Morgan fingerprint density at radius 1 is 1.18 bits per heavy atom. The van der Waals surface area contributed by atoms with Crippen LogP contribution in [0.2, 0.25) is 0 Å². The van der Waals surface area contributed by atoms with E-state index in [4.69, 9.17) is 4.74 Å². The molecule has 4 heteroatoms. The van der Waals surface area contributed by atoms with Gasteiger partial charge in [0.15, 0.2) is 0 Å². The minimum atomic E-state index is -0.352. The molecule has 0 unspecified atom stereocenters. The van der Waals surface area contributed by atoms with Crippen molar-refractivity contribution < 1.29 is 9.66 Å². The highest BCUT2D eigenvalue weighted by Gasteiger charge is 2.20. The van der Waals surface area contributed by atoms with Crippen molar-refractivity contribution >= 4 is 5.69 Å². The highest BCUT2D eigenvalue weighted by molar-refractivity contribution is 5.45. The van der Waals surface area contributed by atoms with Gasteiger partial charge in [-0.15, -0.1) is 0 Å². The number of nitrogens with zero attached hydrogens (tertiary/aromatic N) is 1. The Bertz CT molecular complexity index is 595. The first-order chi connectivity index (χ1) is 10.0. The van der Waals surface area contributed by atoms with E-state index in [2.05, 4.69) is 11.8 Å². The van der Waals surface area contributed by atoms with Gasteiger partial charge >= 0.3 is 0 Å². The summed E-state index contributed by atoms with van der Waals surface area (Å²) < 4.78 is 5.45. The lowest BCUT2D eigenvalue weighted by Gasteiger charge is -2.19. The van der Waals surface area contributed by atoms with E-state index >= 15 is 0 Å². The van der Waals surface area contributed by atoms with Crippen LogP contribution in [0.1, 0.15) is 52.7 Å². The van der Waals surface area contributed by atoms with Crippen molar-refractivity contribution in [1.82, 2.24) is 0 Å². The monoisotopic (exact) mass is 303 g/mol. The molecule has 0 saturated heterocycles. The fraction of sp³-hybridized carbons (Fsp3) is 0.556. The average molecular weight is 303 g/mol. The Morgan fingerprint density at radius 2 is 1.82 bits per heavy atom. The van der Waals surface area contributed by atoms with Gasteiger partial charge in [0.2, 0.25) is 0 Å². The molecule has 4 nitrogen and oxygen atoms in total. The molecule has 0 saturated carbocycles. The molecule has 0 atom stereocenters. The predicted molar refractivity (Wildman–Crippen MR) is 88.7 cm³/mol. The van der Waals surface area contributed by atoms with Gasteiger partial charge in [-0.3, -0.25) is 10.1 Å². The molecule has 0 N–H and O–H groups in total. The number of hydrogen-bond donors (Lipinski definition) is 0. The lowest BCUT2D eigenvalue weighted by molar-refractivity contribution is -0.386. The number of ether oxygens (including phenoxy) is 1. The highest BCUT2D eigenvalue weighted by Crippen LogP contribution is 2.28. The number of nitro benzene ring substituents is 1. The second kappa shape index (κ2) is 6.93. The molecular formula is C18H25NO3. The van der Waals surface area contributed by atoms with Gasteiger partial charge in [-0.05, 0) is 37.8 Å². The van der Waals surface area contributed by atoms with E-state index in [0.717, 1.165) is 5.56 Å². The van der Waals surface area contributed by atoms with Crippen molar-refractivity contribution in [2.75, 3.05) is 6.61 Å². The second-order valence-corrected chi connectivity index (χ2v) is 7.40. The van der Waals surface area contributed by atoms with Crippen molar-refractivity contribution in [1.29, 1.82) is 0 Å². The first kappa shape index (κ1) is 18.2. The lowest BCUT2D eigenvalue weighted by Crippen LogP contribution is -2.12. The van der Waals surface area contributed by atoms with Crippen molar-refractivity contribution in [2.24, 2.45) is 5.41 Å². The molecule has 0 spiro atoms. The normalized spacial score (nSPS) is 11.7. The molecule has 0 aliphatic rings. The Balaban J connectivity index is 2.82. The molecule has 0 aliphatic carbocycles. The van der Waals surface area contributed by atoms with Gasteiger partial charge in [-0.1, -0.05) is 38.7 Å². The van der Waals surface area contributed by atoms with E-state index in [9.17, 15) is 10.1 Å². The number of benzene rings is 1. The molecule has 0 fully saturated rings. The van der Waals surface area contributed by atoms with Crippen molar-refractivity contribution in [3.63, 3.8) is 0 Å². The quantitative estimate of drug-likeness (QED) is 0.357. The fourth-order valence-electron chi connectivity index (χ4n) is 1.84. The van der Waals surface area contributed by atoms with Gasteiger partial charge in [0.05, 0.1) is 17.1 Å². The summed E-state index contributed by atoms with van der Waals surface area (Å²) in [6, 6.07) is 5.34. The van der Waals surface area contributed by atoms with E-state index in [1.165, 1.54) is 0 Å². The van der Waals surface area contributed by atoms with Crippen LogP contribution >= 0.6 is 0 Å². The zero-order chi connectivity index (χ0) is 17.0. The summed E-state index contributed by atoms with van der Waals surface area (Å²) in [6.07, 6.45) is 0. The number of hydrogen-bond acceptors (Lipinski definition) is 3. The van der Waals surface area contributed by atoms with Crippen molar-refractivity contribution in [3.05, 3.63) is 39.4 Å². The van der Waals surface area contributed by atoms with Crippen LogP contribution in [0.5, 0.6) is 0 Å². The van der Waals surface area contributed by atoms with E-state index in [-0.39, 0.29) is 34.7 Å². The summed E-state index contributed by atoms with van der Waals surface area (Å²) in [4.78, 5) is 10.9. The molecule has 0 heterocycles. The van der Waals surface area contributed by atoms with Gasteiger partial charge < -0.3 is 4.74 Å². The van der Waals surface area contributed by atoms with Gasteiger partial charge in [0.1, 0.15) is 6.61 Å². The van der Waals surface area contributed by atoms with Crippen LogP contribution in [0.4, 0.5) is 5.69 Å². The predicted octanol–water partition coefficient (Wildman–Crippen LogP) is 4.46. The third kappa shape index (κ3) is 5.87. The zero-order valence-corrected chi connectivity index (χ0v) is 14.3. The SMILES string of the molecule is CC(C)(C)C#CCOCc1ccc(C(C)(C)C)cc1[N+](=O)[O-]. The molecule has 0 bridgehead atoms. The Hall–Kier alpha value is -1.86. The van der Waals surface area contributed by atoms with Crippen LogP contribution in [-0.4, -0.2) is 11.5 Å². The maximum atomic E-state index is 11.2. The molecule has 0 aromatic heterocycles. The van der Waals surface area contributed by atoms with Gasteiger partial charge in [0.25, 0.3) is 5.69 Å². The third-order valence-corrected chi connectivity index (χ3v) is 3.04. The summed E-state index contributed by atoms with van der Waals surface area (Å²) in [5.41, 5.74) is 1.44. The second-order valence-electron chi connectivity index (χ2n) is 7.40. The molecule has 1 rings (SSSR count). The van der Waals surface area contributed by atoms with E-state index < -0.39 is 0 Å². The molecule has 120 valence electrons. The van der Waals surface area contributed by atoms with Crippen LogP contribution in [-0.2, 0) is 16.8 Å². The maximum Gasteiger partial charge on any atom is 0.275 e. The van der Waals surface area contributed by atoms with E-state index in [1.807, 2.05) is 47.6 Å². The maximum absolute atomic E-state index is 11.2. The number of nitro groups is 1. The molecule has 1 aromatic carbocycles. The first-order valence-electron chi connectivity index (χ1n) is 7.36. The summed E-state index contributed by atoms with van der Waals surface area (Å²) in [5.74, 6) is 6.00. The van der Waals surface area contributed by atoms with E-state index in [0.29, 0.717) is 5.56 Å². The molecule has 22 heavy (non-hydrogen) atoms. The van der Waals surface area contributed by atoms with Crippen LogP contribution in [0.3, 0.4) is 0 Å². The molecule has 0 aliphatic heterocycles.